The lowest BCUT2D eigenvalue weighted by Gasteiger charge is -2.17. The number of nitrogens with zero attached hydrogens (tertiary/aromatic N) is 1. The Morgan fingerprint density at radius 2 is 1.46 bits per heavy atom. The smallest absolute Gasteiger partial charge is 0.307 e. The second-order valence-electron chi connectivity index (χ2n) is 8.65. The molecule has 1 unspecified atom stereocenters. The first-order valence-electron chi connectivity index (χ1n) is 11.8. The molecular formula is C30H25NO6. The molecule has 1 atom stereocenters. The van der Waals surface area contributed by atoms with E-state index < -0.39 is 23.7 Å². The van der Waals surface area contributed by atoms with Gasteiger partial charge in [-0.3, -0.25) is 24.1 Å². The van der Waals surface area contributed by atoms with Gasteiger partial charge in [-0.2, -0.15) is 0 Å². The van der Waals surface area contributed by atoms with Crippen LogP contribution in [0.4, 0.5) is 0 Å². The first-order chi connectivity index (χ1) is 17.9. The fourth-order valence-corrected chi connectivity index (χ4v) is 4.19. The summed E-state index contributed by atoms with van der Waals surface area (Å²) in [7, 11) is 1.59. The third kappa shape index (κ3) is 5.83. The van der Waals surface area contributed by atoms with E-state index in [1.165, 1.54) is 0 Å². The predicted octanol–water partition coefficient (Wildman–Crippen LogP) is 4.31. The van der Waals surface area contributed by atoms with Crippen molar-refractivity contribution in [3.63, 3.8) is 0 Å². The van der Waals surface area contributed by atoms with E-state index in [4.69, 9.17) is 4.74 Å². The number of carboxylic acids is 1. The molecule has 3 aromatic carbocycles. The Hall–Kier alpha value is -4.54. The van der Waals surface area contributed by atoms with E-state index in [1.54, 1.807) is 43.5 Å². The number of amides is 2. The molecule has 7 heteroatoms. The van der Waals surface area contributed by atoms with Gasteiger partial charge in [0.05, 0.1) is 17.0 Å². The summed E-state index contributed by atoms with van der Waals surface area (Å²) in [5.74, 6) is 2.54. The minimum atomic E-state index is -1.14. The van der Waals surface area contributed by atoms with Crippen LogP contribution in [0.2, 0.25) is 0 Å². The predicted molar refractivity (Wildman–Crippen MR) is 137 cm³/mol. The lowest BCUT2D eigenvalue weighted by Crippen LogP contribution is -2.33. The molecule has 0 aliphatic carbocycles. The van der Waals surface area contributed by atoms with Gasteiger partial charge in [-0.15, -0.1) is 0 Å². The molecule has 1 aliphatic rings. The van der Waals surface area contributed by atoms with Crippen LogP contribution in [0.15, 0.2) is 72.8 Å². The van der Waals surface area contributed by atoms with E-state index in [1.807, 2.05) is 36.4 Å². The topological polar surface area (TPSA) is 101 Å². The SMILES string of the molecule is COCC#Cc1ccc(-c2ccc(C(=O)CC(CCN3C(=O)c4ccccc4C3=O)C(=O)O)cc2)cc1. The van der Waals surface area contributed by atoms with Crippen LogP contribution in [-0.2, 0) is 9.53 Å². The largest absolute Gasteiger partial charge is 0.481 e. The zero-order valence-electron chi connectivity index (χ0n) is 20.3. The molecule has 0 saturated heterocycles. The van der Waals surface area contributed by atoms with Crippen molar-refractivity contribution >= 4 is 23.6 Å². The van der Waals surface area contributed by atoms with Crippen LogP contribution in [0.3, 0.4) is 0 Å². The zero-order chi connectivity index (χ0) is 26.4. The Morgan fingerprint density at radius 1 is 0.892 bits per heavy atom. The summed E-state index contributed by atoms with van der Waals surface area (Å²) in [4.78, 5) is 50.8. The second kappa shape index (κ2) is 11.5. The number of Topliss-reactive ketones (excluding diaryl/α,β-unsaturated/α-hetero) is 1. The molecule has 0 spiro atoms. The van der Waals surface area contributed by atoms with E-state index >= 15 is 0 Å². The van der Waals surface area contributed by atoms with Crippen molar-refractivity contribution in [1.82, 2.24) is 4.90 Å². The monoisotopic (exact) mass is 495 g/mol. The summed E-state index contributed by atoms with van der Waals surface area (Å²) in [6.07, 6.45) is -0.239. The third-order valence-electron chi connectivity index (χ3n) is 6.23. The number of hydrogen-bond donors (Lipinski definition) is 1. The van der Waals surface area contributed by atoms with Crippen molar-refractivity contribution in [2.45, 2.75) is 12.8 Å². The Kier molecular flexibility index (Phi) is 7.92. The van der Waals surface area contributed by atoms with Crippen molar-refractivity contribution in [2.75, 3.05) is 20.3 Å². The Morgan fingerprint density at radius 3 is 2.00 bits per heavy atom. The molecule has 37 heavy (non-hydrogen) atoms. The maximum absolute atomic E-state index is 12.8. The van der Waals surface area contributed by atoms with Gasteiger partial charge >= 0.3 is 5.97 Å². The number of carbonyl (C=O) groups is 4. The highest BCUT2D eigenvalue weighted by atomic mass is 16.5. The summed E-state index contributed by atoms with van der Waals surface area (Å²) in [6, 6.07) is 21.1. The summed E-state index contributed by atoms with van der Waals surface area (Å²) in [5.41, 5.74) is 3.76. The second-order valence-corrected chi connectivity index (χ2v) is 8.65. The van der Waals surface area contributed by atoms with E-state index in [-0.39, 0.29) is 25.2 Å². The number of rotatable bonds is 9. The Bertz CT molecular complexity index is 1360. The zero-order valence-corrected chi connectivity index (χ0v) is 20.3. The summed E-state index contributed by atoms with van der Waals surface area (Å²) in [6.45, 7) is 0.296. The number of aliphatic carboxylic acids is 1. The lowest BCUT2D eigenvalue weighted by molar-refractivity contribution is -0.142. The average molecular weight is 496 g/mol. The fraction of sp³-hybridized carbons (Fsp3) is 0.200. The number of hydrogen-bond acceptors (Lipinski definition) is 5. The van der Waals surface area contributed by atoms with Crippen LogP contribution in [0, 0.1) is 17.8 Å². The van der Waals surface area contributed by atoms with Gasteiger partial charge in [-0.05, 0) is 41.8 Å². The molecule has 7 nitrogen and oxygen atoms in total. The Labute approximate surface area is 214 Å². The van der Waals surface area contributed by atoms with Gasteiger partial charge in [0.1, 0.15) is 6.61 Å². The highest BCUT2D eigenvalue weighted by molar-refractivity contribution is 6.21. The Balaban J connectivity index is 1.38. The average Bonchev–Trinajstić information content (AvgIpc) is 3.16. The minimum Gasteiger partial charge on any atom is -0.481 e. The molecule has 1 aliphatic heterocycles. The van der Waals surface area contributed by atoms with Crippen LogP contribution in [0.1, 0.15) is 49.5 Å². The first-order valence-corrected chi connectivity index (χ1v) is 11.8. The van der Waals surface area contributed by atoms with Crippen molar-refractivity contribution in [3.05, 3.63) is 95.1 Å². The van der Waals surface area contributed by atoms with Gasteiger partial charge in [0.15, 0.2) is 5.78 Å². The van der Waals surface area contributed by atoms with Gasteiger partial charge < -0.3 is 9.84 Å². The van der Waals surface area contributed by atoms with Crippen LogP contribution in [0.25, 0.3) is 11.1 Å². The van der Waals surface area contributed by atoms with Crippen molar-refractivity contribution in [2.24, 2.45) is 5.92 Å². The highest BCUT2D eigenvalue weighted by Gasteiger charge is 2.35. The van der Waals surface area contributed by atoms with E-state index in [0.29, 0.717) is 23.3 Å². The number of carboxylic acid groups (broad SMARTS) is 1. The molecule has 0 aromatic heterocycles. The normalized spacial score (nSPS) is 13.1. The number of benzene rings is 3. The minimum absolute atomic E-state index is 0.00967. The molecule has 0 bridgehead atoms. The third-order valence-corrected chi connectivity index (χ3v) is 6.23. The van der Waals surface area contributed by atoms with Crippen molar-refractivity contribution < 1.29 is 29.0 Å². The molecule has 1 N–H and O–H groups in total. The number of fused-ring (bicyclic) bond motifs is 1. The fourth-order valence-electron chi connectivity index (χ4n) is 4.19. The quantitative estimate of drug-likeness (QED) is 0.270. The maximum Gasteiger partial charge on any atom is 0.307 e. The highest BCUT2D eigenvalue weighted by Crippen LogP contribution is 2.25. The van der Waals surface area contributed by atoms with Gasteiger partial charge in [0.2, 0.25) is 0 Å². The van der Waals surface area contributed by atoms with E-state index in [2.05, 4.69) is 11.8 Å². The number of ether oxygens (including phenoxy) is 1. The molecule has 0 fully saturated rings. The van der Waals surface area contributed by atoms with E-state index in [9.17, 15) is 24.3 Å². The molecule has 3 aromatic rings. The van der Waals surface area contributed by atoms with Crippen LogP contribution in [-0.4, -0.2) is 53.8 Å². The standard InChI is InChI=1S/C30H25NO6/c1-37-18-4-5-20-8-10-21(11-9-20)22-12-14-23(15-13-22)27(32)19-24(30(35)36)16-17-31-28(33)25-6-2-3-7-26(25)29(31)34/h2-3,6-15,24H,16-19H2,1H3,(H,35,36). The van der Waals surface area contributed by atoms with Gasteiger partial charge in [0.25, 0.3) is 11.8 Å². The van der Waals surface area contributed by atoms with E-state index in [0.717, 1.165) is 21.6 Å². The maximum atomic E-state index is 12.8. The van der Waals surface area contributed by atoms with Crippen LogP contribution >= 0.6 is 0 Å². The molecule has 0 saturated carbocycles. The van der Waals surface area contributed by atoms with Gasteiger partial charge in [0, 0.05) is 31.2 Å². The summed E-state index contributed by atoms with van der Waals surface area (Å²) < 4.78 is 4.92. The van der Waals surface area contributed by atoms with Crippen LogP contribution < -0.4 is 0 Å². The molecule has 4 rings (SSSR count). The van der Waals surface area contributed by atoms with Gasteiger partial charge in [-0.1, -0.05) is 60.4 Å². The van der Waals surface area contributed by atoms with Crippen molar-refractivity contribution in [1.29, 1.82) is 0 Å². The molecule has 0 radical (unpaired) electrons. The number of imide groups is 1. The molecular weight excluding hydrogens is 470 g/mol. The first kappa shape index (κ1) is 25.5. The van der Waals surface area contributed by atoms with Gasteiger partial charge in [-0.25, -0.2) is 0 Å². The summed E-state index contributed by atoms with van der Waals surface area (Å²) >= 11 is 0. The molecule has 186 valence electrons. The number of carbonyl (C=O) groups excluding carboxylic acids is 3. The lowest BCUT2D eigenvalue weighted by atomic mass is 9.94. The number of methoxy groups -OCH3 is 1. The molecule has 1 heterocycles. The number of ketones is 1. The summed E-state index contributed by atoms with van der Waals surface area (Å²) in [5, 5.41) is 9.67. The van der Waals surface area contributed by atoms with Crippen LogP contribution in [0.5, 0.6) is 0 Å². The molecule has 2 amide bonds. The van der Waals surface area contributed by atoms with Crippen molar-refractivity contribution in [3.8, 4) is 23.0 Å².